The van der Waals surface area contributed by atoms with E-state index in [9.17, 15) is 4.39 Å². The van der Waals surface area contributed by atoms with Gasteiger partial charge in [-0.15, -0.1) is 11.3 Å². The lowest BCUT2D eigenvalue weighted by atomic mass is 10.1. The van der Waals surface area contributed by atoms with Gasteiger partial charge in [0.15, 0.2) is 0 Å². The van der Waals surface area contributed by atoms with Gasteiger partial charge in [0.25, 0.3) is 0 Å². The summed E-state index contributed by atoms with van der Waals surface area (Å²) in [5.41, 5.74) is 6.41. The Morgan fingerprint density at radius 3 is 2.69 bits per heavy atom. The highest BCUT2D eigenvalue weighted by molar-refractivity contribution is 9.11. The van der Waals surface area contributed by atoms with E-state index in [1.165, 1.54) is 17.4 Å². The topological polar surface area (TPSA) is 26.0 Å². The van der Waals surface area contributed by atoms with Crippen molar-refractivity contribution in [2.24, 2.45) is 5.73 Å². The van der Waals surface area contributed by atoms with Crippen LogP contribution in [0.5, 0.6) is 0 Å². The molecule has 1 aromatic heterocycles. The molecule has 84 valence electrons. The number of hydrogen-bond acceptors (Lipinski definition) is 2. The molecule has 0 saturated heterocycles. The molecule has 16 heavy (non-hydrogen) atoms. The van der Waals surface area contributed by atoms with Crippen molar-refractivity contribution in [3.8, 4) is 0 Å². The monoisotopic (exact) mass is 319 g/mol. The predicted octanol–water partition coefficient (Wildman–Crippen LogP) is 4.35. The van der Waals surface area contributed by atoms with Crippen molar-refractivity contribution < 1.29 is 4.39 Å². The Labute approximate surface area is 110 Å². The van der Waals surface area contributed by atoms with Gasteiger partial charge in [-0.2, -0.15) is 0 Å². The molecule has 1 heterocycles. The van der Waals surface area contributed by atoms with Crippen LogP contribution in [0.15, 0.2) is 34.1 Å². The van der Waals surface area contributed by atoms with Gasteiger partial charge in [-0.25, -0.2) is 4.39 Å². The standard InChI is InChI=1S/C11H8BrClFNS/c12-9-5-4-8(16-9)11(15)6-2-1-3-7(13)10(6)14/h1-5,11H,15H2. The van der Waals surface area contributed by atoms with Crippen LogP contribution < -0.4 is 5.73 Å². The van der Waals surface area contributed by atoms with Crippen LogP contribution in [0.1, 0.15) is 16.5 Å². The molecule has 1 nitrogen and oxygen atoms in total. The van der Waals surface area contributed by atoms with E-state index in [0.29, 0.717) is 5.56 Å². The van der Waals surface area contributed by atoms with Crippen molar-refractivity contribution in [3.63, 3.8) is 0 Å². The van der Waals surface area contributed by atoms with Crippen LogP contribution in [0.25, 0.3) is 0 Å². The van der Waals surface area contributed by atoms with Gasteiger partial charge in [0.1, 0.15) is 5.82 Å². The highest BCUT2D eigenvalue weighted by atomic mass is 79.9. The Morgan fingerprint density at radius 1 is 1.31 bits per heavy atom. The summed E-state index contributed by atoms with van der Waals surface area (Å²) in [4.78, 5) is 0.896. The lowest BCUT2D eigenvalue weighted by Gasteiger charge is -2.11. The van der Waals surface area contributed by atoms with Gasteiger partial charge in [-0.3, -0.25) is 0 Å². The first kappa shape index (κ1) is 12.0. The molecular weight excluding hydrogens is 313 g/mol. The van der Waals surface area contributed by atoms with Crippen molar-refractivity contribution in [1.82, 2.24) is 0 Å². The first-order valence-electron chi connectivity index (χ1n) is 4.54. The van der Waals surface area contributed by atoms with E-state index in [1.54, 1.807) is 12.1 Å². The van der Waals surface area contributed by atoms with Gasteiger partial charge >= 0.3 is 0 Å². The normalized spacial score (nSPS) is 12.8. The molecule has 2 N–H and O–H groups in total. The van der Waals surface area contributed by atoms with E-state index in [1.807, 2.05) is 12.1 Å². The molecule has 0 spiro atoms. The molecule has 0 saturated carbocycles. The summed E-state index contributed by atoms with van der Waals surface area (Å²) in [6.45, 7) is 0. The van der Waals surface area contributed by atoms with Crippen LogP contribution >= 0.6 is 38.9 Å². The molecule has 0 fully saturated rings. The number of rotatable bonds is 2. The zero-order valence-corrected chi connectivity index (χ0v) is 11.2. The Morgan fingerprint density at radius 2 is 2.06 bits per heavy atom. The van der Waals surface area contributed by atoms with E-state index in [2.05, 4.69) is 15.9 Å². The minimum Gasteiger partial charge on any atom is -0.320 e. The predicted molar refractivity (Wildman–Crippen MR) is 69.5 cm³/mol. The lowest BCUT2D eigenvalue weighted by molar-refractivity contribution is 0.601. The summed E-state index contributed by atoms with van der Waals surface area (Å²) in [5, 5.41) is 0.101. The third-order valence-electron chi connectivity index (χ3n) is 2.22. The number of benzene rings is 1. The highest BCUT2D eigenvalue weighted by Gasteiger charge is 2.16. The quantitative estimate of drug-likeness (QED) is 0.874. The van der Waals surface area contributed by atoms with Crippen LogP contribution in [0.2, 0.25) is 5.02 Å². The zero-order valence-electron chi connectivity index (χ0n) is 8.08. The maximum Gasteiger partial charge on any atom is 0.146 e. The molecule has 0 amide bonds. The molecule has 0 radical (unpaired) electrons. The molecule has 0 aliphatic heterocycles. The van der Waals surface area contributed by atoms with Gasteiger partial charge in [0.05, 0.1) is 14.9 Å². The van der Waals surface area contributed by atoms with Gasteiger partial charge < -0.3 is 5.73 Å². The summed E-state index contributed by atoms with van der Waals surface area (Å²) in [7, 11) is 0. The molecule has 0 aliphatic rings. The second kappa shape index (κ2) is 4.84. The second-order valence-corrected chi connectivity index (χ2v) is 6.16. The van der Waals surface area contributed by atoms with E-state index < -0.39 is 11.9 Å². The fraction of sp³-hybridized carbons (Fsp3) is 0.0909. The SMILES string of the molecule is NC(c1ccc(Br)s1)c1cccc(Cl)c1F. The maximum absolute atomic E-state index is 13.7. The van der Waals surface area contributed by atoms with Crippen molar-refractivity contribution in [1.29, 1.82) is 0 Å². The second-order valence-electron chi connectivity index (χ2n) is 3.26. The smallest absolute Gasteiger partial charge is 0.146 e. The molecule has 1 unspecified atom stereocenters. The average molecular weight is 321 g/mol. The van der Waals surface area contributed by atoms with Gasteiger partial charge in [-0.1, -0.05) is 23.7 Å². The largest absolute Gasteiger partial charge is 0.320 e. The van der Waals surface area contributed by atoms with Crippen LogP contribution in [-0.4, -0.2) is 0 Å². The third kappa shape index (κ3) is 2.30. The summed E-state index contributed by atoms with van der Waals surface area (Å²) >= 11 is 10.6. The van der Waals surface area contributed by atoms with Crippen molar-refractivity contribution in [2.45, 2.75) is 6.04 Å². The zero-order chi connectivity index (χ0) is 11.7. The number of thiophene rings is 1. The molecule has 1 aromatic carbocycles. The van der Waals surface area contributed by atoms with Gasteiger partial charge in [0, 0.05) is 10.4 Å². The summed E-state index contributed by atoms with van der Waals surface area (Å²) < 4.78 is 14.7. The van der Waals surface area contributed by atoms with E-state index in [0.717, 1.165) is 8.66 Å². The van der Waals surface area contributed by atoms with Crippen molar-refractivity contribution in [3.05, 3.63) is 55.4 Å². The van der Waals surface area contributed by atoms with Crippen LogP contribution in [0, 0.1) is 5.82 Å². The van der Waals surface area contributed by atoms with E-state index >= 15 is 0 Å². The Bertz CT molecular complexity index is 514. The van der Waals surface area contributed by atoms with Crippen molar-refractivity contribution >= 4 is 38.9 Å². The van der Waals surface area contributed by atoms with Gasteiger partial charge in [-0.05, 0) is 34.1 Å². The summed E-state index contributed by atoms with van der Waals surface area (Å²) in [6.07, 6.45) is 0. The van der Waals surface area contributed by atoms with E-state index in [-0.39, 0.29) is 5.02 Å². The van der Waals surface area contributed by atoms with Gasteiger partial charge in [0.2, 0.25) is 0 Å². The van der Waals surface area contributed by atoms with Crippen LogP contribution in [0.3, 0.4) is 0 Å². The van der Waals surface area contributed by atoms with Crippen LogP contribution in [0.4, 0.5) is 4.39 Å². The van der Waals surface area contributed by atoms with Crippen LogP contribution in [-0.2, 0) is 0 Å². The average Bonchev–Trinajstić information content (AvgIpc) is 2.68. The molecule has 2 aromatic rings. The summed E-state index contributed by atoms with van der Waals surface area (Å²) in [5.74, 6) is -0.443. The Balaban J connectivity index is 2.41. The fourth-order valence-corrected chi connectivity index (χ4v) is 3.04. The number of hydrogen-bond donors (Lipinski definition) is 1. The molecule has 2 rings (SSSR count). The molecular formula is C11H8BrClFNS. The minimum absolute atomic E-state index is 0.101. The lowest BCUT2D eigenvalue weighted by Crippen LogP contribution is -2.12. The highest BCUT2D eigenvalue weighted by Crippen LogP contribution is 2.32. The fourth-order valence-electron chi connectivity index (χ4n) is 1.41. The minimum atomic E-state index is -0.477. The third-order valence-corrected chi connectivity index (χ3v) is 4.22. The molecule has 0 bridgehead atoms. The number of nitrogens with two attached hydrogens (primary N) is 1. The Hall–Kier alpha value is -0.420. The maximum atomic E-state index is 13.7. The summed E-state index contributed by atoms with van der Waals surface area (Å²) in [6, 6.07) is 8.15. The first-order valence-corrected chi connectivity index (χ1v) is 6.53. The van der Waals surface area contributed by atoms with Crippen molar-refractivity contribution in [2.75, 3.05) is 0 Å². The molecule has 5 heteroatoms. The Kier molecular flexibility index (Phi) is 3.64. The number of halogens is 3. The van der Waals surface area contributed by atoms with E-state index in [4.69, 9.17) is 17.3 Å². The molecule has 0 aliphatic carbocycles. The first-order chi connectivity index (χ1) is 7.59. The molecule has 1 atom stereocenters.